The Morgan fingerprint density at radius 1 is 1.25 bits per heavy atom. The van der Waals surface area contributed by atoms with Crippen molar-refractivity contribution in [2.45, 2.75) is 44.3 Å². The SMILES string of the molecule is OCCCC1CCCCC1(O)O. The maximum atomic E-state index is 9.53. The fourth-order valence-electron chi connectivity index (χ4n) is 1.92. The Bertz CT molecular complexity index is 134. The Labute approximate surface area is 73.0 Å². The lowest BCUT2D eigenvalue weighted by Gasteiger charge is -2.35. The van der Waals surface area contributed by atoms with Gasteiger partial charge in [-0.2, -0.15) is 0 Å². The van der Waals surface area contributed by atoms with Gasteiger partial charge in [-0.1, -0.05) is 6.42 Å². The predicted molar refractivity (Wildman–Crippen MR) is 45.4 cm³/mol. The van der Waals surface area contributed by atoms with Gasteiger partial charge in [0.15, 0.2) is 5.79 Å². The summed E-state index contributed by atoms with van der Waals surface area (Å²) < 4.78 is 0. The number of hydrogen-bond acceptors (Lipinski definition) is 3. The summed E-state index contributed by atoms with van der Waals surface area (Å²) in [7, 11) is 0. The molecule has 3 N–H and O–H groups in total. The summed E-state index contributed by atoms with van der Waals surface area (Å²) in [6.07, 6.45) is 4.76. The first-order valence-corrected chi connectivity index (χ1v) is 4.72. The van der Waals surface area contributed by atoms with Crippen LogP contribution >= 0.6 is 0 Å². The molecule has 3 heteroatoms. The van der Waals surface area contributed by atoms with Gasteiger partial charge in [0.05, 0.1) is 0 Å². The second-order valence-electron chi connectivity index (χ2n) is 3.69. The van der Waals surface area contributed by atoms with Gasteiger partial charge in [-0.3, -0.25) is 0 Å². The Hall–Kier alpha value is -0.120. The third-order valence-corrected chi connectivity index (χ3v) is 2.71. The molecule has 0 saturated heterocycles. The molecule has 1 fully saturated rings. The highest BCUT2D eigenvalue weighted by molar-refractivity contribution is 4.80. The van der Waals surface area contributed by atoms with Gasteiger partial charge in [0, 0.05) is 18.9 Å². The Morgan fingerprint density at radius 3 is 2.58 bits per heavy atom. The molecular weight excluding hydrogens is 156 g/mol. The molecule has 1 aliphatic carbocycles. The molecule has 0 aromatic heterocycles. The molecule has 0 heterocycles. The van der Waals surface area contributed by atoms with E-state index in [1.807, 2.05) is 0 Å². The Balaban J connectivity index is 2.37. The average Bonchev–Trinajstić information content (AvgIpc) is 2.02. The first-order valence-electron chi connectivity index (χ1n) is 4.72. The third kappa shape index (κ3) is 2.44. The van der Waals surface area contributed by atoms with E-state index in [1.165, 1.54) is 0 Å². The van der Waals surface area contributed by atoms with E-state index >= 15 is 0 Å². The van der Waals surface area contributed by atoms with E-state index in [1.54, 1.807) is 0 Å². The topological polar surface area (TPSA) is 60.7 Å². The molecule has 0 spiro atoms. The Morgan fingerprint density at radius 2 is 2.00 bits per heavy atom. The normalized spacial score (nSPS) is 28.8. The minimum atomic E-state index is -1.46. The van der Waals surface area contributed by atoms with E-state index in [0.717, 1.165) is 25.7 Å². The van der Waals surface area contributed by atoms with Gasteiger partial charge in [0.2, 0.25) is 0 Å². The van der Waals surface area contributed by atoms with Crippen LogP contribution in [-0.4, -0.2) is 27.7 Å². The van der Waals surface area contributed by atoms with Gasteiger partial charge < -0.3 is 15.3 Å². The van der Waals surface area contributed by atoms with Gasteiger partial charge in [-0.25, -0.2) is 0 Å². The molecule has 3 nitrogen and oxygen atoms in total. The average molecular weight is 174 g/mol. The van der Waals surface area contributed by atoms with Crippen molar-refractivity contribution < 1.29 is 15.3 Å². The maximum Gasteiger partial charge on any atom is 0.165 e. The molecule has 0 bridgehead atoms. The molecule has 0 aromatic carbocycles. The lowest BCUT2D eigenvalue weighted by molar-refractivity contribution is -0.218. The van der Waals surface area contributed by atoms with E-state index in [9.17, 15) is 10.2 Å². The molecule has 0 aliphatic heterocycles. The van der Waals surface area contributed by atoms with Crippen molar-refractivity contribution in [3.63, 3.8) is 0 Å². The summed E-state index contributed by atoms with van der Waals surface area (Å²) in [5.74, 6) is -1.49. The molecule has 0 aromatic rings. The van der Waals surface area contributed by atoms with Crippen LogP contribution in [0.2, 0.25) is 0 Å². The van der Waals surface area contributed by atoms with Crippen molar-refractivity contribution in [3.05, 3.63) is 0 Å². The predicted octanol–water partition coefficient (Wildman–Crippen LogP) is 0.630. The zero-order valence-corrected chi connectivity index (χ0v) is 7.37. The second-order valence-corrected chi connectivity index (χ2v) is 3.69. The molecule has 1 unspecified atom stereocenters. The summed E-state index contributed by atoms with van der Waals surface area (Å²) >= 11 is 0. The number of hydrogen-bond donors (Lipinski definition) is 3. The van der Waals surface area contributed by atoms with Crippen LogP contribution in [0, 0.1) is 5.92 Å². The number of aliphatic hydroxyl groups excluding tert-OH is 1. The molecule has 0 amide bonds. The Kier molecular flexibility index (Phi) is 3.50. The van der Waals surface area contributed by atoms with Crippen molar-refractivity contribution in [3.8, 4) is 0 Å². The van der Waals surface area contributed by atoms with Crippen molar-refractivity contribution in [1.82, 2.24) is 0 Å². The zero-order valence-electron chi connectivity index (χ0n) is 7.37. The van der Waals surface area contributed by atoms with Gasteiger partial charge in [0.25, 0.3) is 0 Å². The molecule has 1 aliphatic rings. The minimum absolute atomic E-state index is 0.0293. The van der Waals surface area contributed by atoms with Crippen LogP contribution in [0.15, 0.2) is 0 Å². The summed E-state index contributed by atoms with van der Waals surface area (Å²) in [6.45, 7) is 0.145. The lowest BCUT2D eigenvalue weighted by atomic mass is 9.81. The summed E-state index contributed by atoms with van der Waals surface area (Å²) in [6, 6.07) is 0. The second kappa shape index (κ2) is 4.21. The molecular formula is C9H18O3. The van der Waals surface area contributed by atoms with Gasteiger partial charge in [-0.15, -0.1) is 0 Å². The van der Waals surface area contributed by atoms with E-state index in [-0.39, 0.29) is 12.5 Å². The molecule has 0 radical (unpaired) electrons. The van der Waals surface area contributed by atoms with E-state index in [4.69, 9.17) is 5.11 Å². The first kappa shape index (κ1) is 9.96. The van der Waals surface area contributed by atoms with Crippen LogP contribution in [0.1, 0.15) is 38.5 Å². The van der Waals surface area contributed by atoms with E-state index in [0.29, 0.717) is 12.8 Å². The molecule has 72 valence electrons. The highest BCUT2D eigenvalue weighted by atomic mass is 16.5. The largest absolute Gasteiger partial charge is 0.396 e. The van der Waals surface area contributed by atoms with Crippen LogP contribution in [0.5, 0.6) is 0 Å². The zero-order chi connectivity index (χ0) is 9.03. The van der Waals surface area contributed by atoms with Crippen LogP contribution in [0.3, 0.4) is 0 Å². The van der Waals surface area contributed by atoms with Crippen LogP contribution in [0.4, 0.5) is 0 Å². The molecule has 1 saturated carbocycles. The maximum absolute atomic E-state index is 9.53. The fourth-order valence-corrected chi connectivity index (χ4v) is 1.92. The van der Waals surface area contributed by atoms with Gasteiger partial charge in [-0.05, 0) is 25.7 Å². The van der Waals surface area contributed by atoms with Crippen molar-refractivity contribution in [1.29, 1.82) is 0 Å². The van der Waals surface area contributed by atoms with Gasteiger partial charge in [0.1, 0.15) is 0 Å². The van der Waals surface area contributed by atoms with Crippen LogP contribution < -0.4 is 0 Å². The molecule has 1 rings (SSSR count). The smallest absolute Gasteiger partial charge is 0.165 e. The van der Waals surface area contributed by atoms with E-state index < -0.39 is 5.79 Å². The highest BCUT2D eigenvalue weighted by Crippen LogP contribution is 2.34. The summed E-state index contributed by atoms with van der Waals surface area (Å²) in [4.78, 5) is 0. The molecule has 1 atom stereocenters. The first-order chi connectivity index (χ1) is 5.67. The third-order valence-electron chi connectivity index (χ3n) is 2.71. The fraction of sp³-hybridized carbons (Fsp3) is 1.00. The monoisotopic (exact) mass is 174 g/mol. The van der Waals surface area contributed by atoms with Crippen molar-refractivity contribution in [2.24, 2.45) is 5.92 Å². The number of rotatable bonds is 3. The standard InChI is InChI=1S/C9H18O3/c10-7-3-5-8-4-1-2-6-9(8,11)12/h8,10-12H,1-7H2. The van der Waals surface area contributed by atoms with Crippen molar-refractivity contribution in [2.75, 3.05) is 6.61 Å². The van der Waals surface area contributed by atoms with E-state index in [2.05, 4.69) is 0 Å². The lowest BCUT2D eigenvalue weighted by Crippen LogP contribution is -2.40. The highest BCUT2D eigenvalue weighted by Gasteiger charge is 2.35. The van der Waals surface area contributed by atoms with Crippen LogP contribution in [0.25, 0.3) is 0 Å². The molecule has 12 heavy (non-hydrogen) atoms. The van der Waals surface area contributed by atoms with Crippen molar-refractivity contribution >= 4 is 0 Å². The number of aliphatic hydroxyl groups is 3. The quantitative estimate of drug-likeness (QED) is 0.550. The van der Waals surface area contributed by atoms with Crippen LogP contribution in [-0.2, 0) is 0 Å². The summed E-state index contributed by atoms with van der Waals surface area (Å²) in [5.41, 5.74) is 0. The summed E-state index contributed by atoms with van der Waals surface area (Å²) in [5, 5.41) is 27.7. The minimum Gasteiger partial charge on any atom is -0.396 e. The van der Waals surface area contributed by atoms with Gasteiger partial charge >= 0.3 is 0 Å².